The molecule has 0 aliphatic carbocycles. The number of sulfonamides is 1. The van der Waals surface area contributed by atoms with Gasteiger partial charge >= 0.3 is 0 Å². The highest BCUT2D eigenvalue weighted by Gasteiger charge is 2.31. The third kappa shape index (κ3) is 4.04. The number of carbonyl (C=O) groups is 2. The van der Waals surface area contributed by atoms with Gasteiger partial charge in [0.05, 0.1) is 36.1 Å². The number of fused-ring (bicyclic) bond motifs is 1. The number of benzene rings is 1. The number of nitrogens with one attached hydrogen (secondary N) is 1. The number of primary amides is 1. The molecule has 2 aromatic heterocycles. The molecular formula is C19H18N4O6S2. The van der Waals surface area contributed by atoms with Gasteiger partial charge in [0.2, 0.25) is 10.0 Å². The van der Waals surface area contributed by atoms with Gasteiger partial charge in [-0.3, -0.25) is 14.9 Å². The van der Waals surface area contributed by atoms with Crippen molar-refractivity contribution < 1.29 is 27.2 Å². The van der Waals surface area contributed by atoms with E-state index in [-0.39, 0.29) is 35.1 Å². The van der Waals surface area contributed by atoms with E-state index in [1.54, 1.807) is 6.07 Å². The van der Waals surface area contributed by atoms with Gasteiger partial charge in [0.1, 0.15) is 5.75 Å². The number of anilines is 1. The normalized spacial score (nSPS) is 14.1. The van der Waals surface area contributed by atoms with Crippen LogP contribution in [0.15, 0.2) is 45.9 Å². The van der Waals surface area contributed by atoms with Gasteiger partial charge in [-0.25, -0.2) is 13.4 Å². The zero-order valence-corrected chi connectivity index (χ0v) is 18.0. The molecule has 0 unspecified atom stereocenters. The second kappa shape index (κ2) is 8.13. The van der Waals surface area contributed by atoms with Gasteiger partial charge in [-0.05, 0) is 30.3 Å². The minimum Gasteiger partial charge on any atom is -0.496 e. The van der Waals surface area contributed by atoms with E-state index in [9.17, 15) is 18.0 Å². The monoisotopic (exact) mass is 462 g/mol. The summed E-state index contributed by atoms with van der Waals surface area (Å²) in [6, 6.07) is 7.13. The van der Waals surface area contributed by atoms with Crippen LogP contribution in [0.4, 0.5) is 5.13 Å². The van der Waals surface area contributed by atoms with Gasteiger partial charge in [0.15, 0.2) is 10.9 Å². The summed E-state index contributed by atoms with van der Waals surface area (Å²) < 4.78 is 37.7. The van der Waals surface area contributed by atoms with E-state index >= 15 is 0 Å². The predicted octanol–water partition coefficient (Wildman–Crippen LogP) is 1.84. The zero-order chi connectivity index (χ0) is 22.2. The average molecular weight is 463 g/mol. The third-order valence-corrected chi connectivity index (χ3v) is 7.57. The fraction of sp³-hybridized carbons (Fsp3) is 0.211. The van der Waals surface area contributed by atoms with Crippen LogP contribution in [0.3, 0.4) is 0 Å². The standard InChI is InChI=1S/C19H18N4O6S2/c1-28-14-5-4-11(9-12(14)17(20)24)31(26,27)23-7-6-13-16(10-23)30-19(21-13)22-18(25)15-3-2-8-29-15/h2-5,8-9H,6-7,10H2,1H3,(H2,20,24)(H,21,22,25). The van der Waals surface area contributed by atoms with Crippen LogP contribution in [0.2, 0.25) is 0 Å². The van der Waals surface area contributed by atoms with Crippen molar-refractivity contribution in [2.24, 2.45) is 5.73 Å². The van der Waals surface area contributed by atoms with Crippen LogP contribution < -0.4 is 15.8 Å². The van der Waals surface area contributed by atoms with Gasteiger partial charge in [0, 0.05) is 17.8 Å². The summed E-state index contributed by atoms with van der Waals surface area (Å²) in [5.74, 6) is -0.860. The molecule has 31 heavy (non-hydrogen) atoms. The number of nitrogens with two attached hydrogens (primary N) is 1. The van der Waals surface area contributed by atoms with Crippen molar-refractivity contribution in [2.75, 3.05) is 19.0 Å². The Labute approximate surface area is 181 Å². The summed E-state index contributed by atoms with van der Waals surface area (Å²) in [5.41, 5.74) is 6.07. The van der Waals surface area contributed by atoms with Crippen molar-refractivity contribution in [3.05, 3.63) is 58.5 Å². The van der Waals surface area contributed by atoms with E-state index in [1.807, 2.05) is 0 Å². The van der Waals surface area contributed by atoms with Crippen LogP contribution in [-0.2, 0) is 23.0 Å². The summed E-state index contributed by atoms with van der Waals surface area (Å²) in [6.07, 6.45) is 1.79. The lowest BCUT2D eigenvalue weighted by Crippen LogP contribution is -2.35. The van der Waals surface area contributed by atoms with Crippen molar-refractivity contribution in [1.82, 2.24) is 9.29 Å². The molecule has 3 heterocycles. The number of hydrogen-bond acceptors (Lipinski definition) is 8. The molecule has 0 radical (unpaired) electrons. The number of rotatable bonds is 6. The molecule has 12 heteroatoms. The number of furan rings is 1. The van der Waals surface area contributed by atoms with Crippen LogP contribution in [0.1, 0.15) is 31.5 Å². The summed E-state index contributed by atoms with van der Waals surface area (Å²) in [5, 5.41) is 3.03. The Morgan fingerprint density at radius 1 is 1.32 bits per heavy atom. The Morgan fingerprint density at radius 3 is 2.81 bits per heavy atom. The maximum absolute atomic E-state index is 13.1. The first kappa shape index (κ1) is 21.0. The maximum Gasteiger partial charge on any atom is 0.293 e. The van der Waals surface area contributed by atoms with E-state index < -0.39 is 21.8 Å². The molecule has 3 aromatic rings. The number of nitrogens with zero attached hydrogens (tertiary/aromatic N) is 2. The lowest BCUT2D eigenvalue weighted by Gasteiger charge is -2.25. The minimum absolute atomic E-state index is 0.0120. The first-order chi connectivity index (χ1) is 14.8. The molecular weight excluding hydrogens is 444 g/mol. The highest BCUT2D eigenvalue weighted by atomic mass is 32.2. The molecule has 1 aliphatic rings. The van der Waals surface area contributed by atoms with Crippen molar-refractivity contribution in [2.45, 2.75) is 17.9 Å². The van der Waals surface area contributed by atoms with Gasteiger partial charge in [-0.1, -0.05) is 0 Å². The Kier molecular flexibility index (Phi) is 5.52. The van der Waals surface area contributed by atoms with Crippen molar-refractivity contribution in [3.63, 3.8) is 0 Å². The summed E-state index contributed by atoms with van der Waals surface area (Å²) in [7, 11) is -2.52. The topological polar surface area (TPSA) is 145 Å². The molecule has 4 rings (SSSR count). The average Bonchev–Trinajstić information content (AvgIpc) is 3.42. The number of hydrogen-bond donors (Lipinski definition) is 2. The molecule has 0 saturated heterocycles. The SMILES string of the molecule is COc1ccc(S(=O)(=O)N2CCc3nc(NC(=O)c4ccco4)sc3C2)cc1C(N)=O. The van der Waals surface area contributed by atoms with Crippen LogP contribution in [0, 0.1) is 0 Å². The Hall–Kier alpha value is -3.22. The number of amides is 2. The van der Waals surface area contributed by atoms with Crippen molar-refractivity contribution >= 4 is 38.3 Å². The molecule has 2 amide bonds. The molecule has 10 nitrogen and oxygen atoms in total. The van der Waals surface area contributed by atoms with E-state index in [2.05, 4.69) is 10.3 Å². The second-order valence-corrected chi connectivity index (χ2v) is 9.66. The number of ether oxygens (including phenoxy) is 1. The fourth-order valence-corrected chi connectivity index (χ4v) is 5.72. The number of carbonyl (C=O) groups excluding carboxylic acids is 2. The largest absolute Gasteiger partial charge is 0.496 e. The summed E-state index contributed by atoms with van der Waals surface area (Å²) in [6.45, 7) is 0.312. The van der Waals surface area contributed by atoms with Crippen molar-refractivity contribution in [1.29, 1.82) is 0 Å². The molecule has 1 aliphatic heterocycles. The van der Waals surface area contributed by atoms with E-state index in [4.69, 9.17) is 14.9 Å². The summed E-state index contributed by atoms with van der Waals surface area (Å²) in [4.78, 5) is 28.9. The maximum atomic E-state index is 13.1. The van der Waals surface area contributed by atoms with E-state index in [0.717, 1.165) is 10.6 Å². The molecule has 0 fully saturated rings. The first-order valence-corrected chi connectivity index (χ1v) is 11.4. The Balaban J connectivity index is 1.56. The van der Waals surface area contributed by atoms with Gasteiger partial charge in [-0.15, -0.1) is 11.3 Å². The smallest absolute Gasteiger partial charge is 0.293 e. The van der Waals surface area contributed by atoms with Gasteiger partial charge < -0.3 is 14.9 Å². The van der Waals surface area contributed by atoms with Crippen LogP contribution in [0.25, 0.3) is 0 Å². The lowest BCUT2D eigenvalue weighted by atomic mass is 10.2. The van der Waals surface area contributed by atoms with Gasteiger partial charge in [-0.2, -0.15) is 4.31 Å². The van der Waals surface area contributed by atoms with Gasteiger partial charge in [0.25, 0.3) is 11.8 Å². The quantitative estimate of drug-likeness (QED) is 0.568. The summed E-state index contributed by atoms with van der Waals surface area (Å²) >= 11 is 1.21. The van der Waals surface area contributed by atoms with Crippen LogP contribution in [-0.4, -0.2) is 43.2 Å². The minimum atomic E-state index is -3.89. The number of methoxy groups -OCH3 is 1. The van der Waals surface area contributed by atoms with Crippen LogP contribution >= 0.6 is 11.3 Å². The van der Waals surface area contributed by atoms with E-state index in [1.165, 1.54) is 53.3 Å². The van der Waals surface area contributed by atoms with E-state index in [0.29, 0.717) is 11.6 Å². The molecule has 0 saturated carbocycles. The highest BCUT2D eigenvalue weighted by Crippen LogP contribution is 2.32. The molecule has 1 aromatic carbocycles. The number of aromatic nitrogens is 1. The lowest BCUT2D eigenvalue weighted by molar-refractivity contribution is 0.0989. The Morgan fingerprint density at radius 2 is 2.13 bits per heavy atom. The fourth-order valence-electron chi connectivity index (χ4n) is 3.19. The third-order valence-electron chi connectivity index (χ3n) is 4.74. The number of thiazole rings is 1. The highest BCUT2D eigenvalue weighted by molar-refractivity contribution is 7.89. The predicted molar refractivity (Wildman–Crippen MR) is 112 cm³/mol. The van der Waals surface area contributed by atoms with Crippen LogP contribution in [0.5, 0.6) is 5.75 Å². The first-order valence-electron chi connectivity index (χ1n) is 9.11. The zero-order valence-electron chi connectivity index (χ0n) is 16.3. The molecule has 0 bridgehead atoms. The molecule has 0 atom stereocenters. The second-order valence-electron chi connectivity index (χ2n) is 6.64. The molecule has 0 spiro atoms. The Bertz CT molecular complexity index is 1250. The molecule has 162 valence electrons. The molecule has 3 N–H and O–H groups in total. The van der Waals surface area contributed by atoms with Crippen molar-refractivity contribution in [3.8, 4) is 5.75 Å².